The molecule has 1 rings (SSSR count). The van der Waals surface area contributed by atoms with Crippen molar-refractivity contribution in [1.82, 2.24) is 10.2 Å². The van der Waals surface area contributed by atoms with Gasteiger partial charge < -0.3 is 16.0 Å². The molecule has 0 saturated heterocycles. The largest absolute Gasteiger partial charge is 0.370 e. The van der Waals surface area contributed by atoms with Gasteiger partial charge in [-0.15, -0.1) is 0 Å². The third kappa shape index (κ3) is 3.91. The minimum absolute atomic E-state index is 0.0191. The summed E-state index contributed by atoms with van der Waals surface area (Å²) in [6.07, 6.45) is 2.37. The van der Waals surface area contributed by atoms with Crippen molar-refractivity contribution >= 4 is 11.9 Å². The van der Waals surface area contributed by atoms with Gasteiger partial charge in [0.05, 0.1) is 12.0 Å². The monoisotopic (exact) mass is 240 g/mol. The van der Waals surface area contributed by atoms with Crippen LogP contribution in [0, 0.1) is 5.41 Å². The molecule has 0 aromatic rings. The molecule has 0 atom stereocenters. The lowest BCUT2D eigenvalue weighted by Gasteiger charge is -2.23. The molecule has 1 amide bonds. The van der Waals surface area contributed by atoms with Crippen molar-refractivity contribution in [2.24, 2.45) is 16.1 Å². The van der Waals surface area contributed by atoms with E-state index in [1.807, 2.05) is 32.7 Å². The van der Waals surface area contributed by atoms with Gasteiger partial charge in [-0.3, -0.25) is 9.79 Å². The van der Waals surface area contributed by atoms with E-state index in [0.717, 1.165) is 0 Å². The van der Waals surface area contributed by atoms with Crippen LogP contribution in [-0.4, -0.2) is 42.9 Å². The Morgan fingerprint density at radius 2 is 2.12 bits per heavy atom. The van der Waals surface area contributed by atoms with Crippen LogP contribution < -0.4 is 11.1 Å². The number of nitrogens with zero attached hydrogens (tertiary/aromatic N) is 2. The van der Waals surface area contributed by atoms with Gasteiger partial charge in [-0.05, 0) is 33.6 Å². The van der Waals surface area contributed by atoms with Crippen LogP contribution in [0.5, 0.6) is 0 Å². The van der Waals surface area contributed by atoms with E-state index in [-0.39, 0.29) is 5.91 Å². The van der Waals surface area contributed by atoms with Gasteiger partial charge in [-0.25, -0.2) is 0 Å². The van der Waals surface area contributed by atoms with Crippen molar-refractivity contribution in [2.45, 2.75) is 39.7 Å². The van der Waals surface area contributed by atoms with Crippen LogP contribution in [0.25, 0.3) is 0 Å². The molecule has 3 N–H and O–H groups in total. The number of nitrogens with two attached hydrogens (primary N) is 1. The van der Waals surface area contributed by atoms with Crippen molar-refractivity contribution < 1.29 is 4.79 Å². The van der Waals surface area contributed by atoms with Crippen molar-refractivity contribution in [3.63, 3.8) is 0 Å². The highest BCUT2D eigenvalue weighted by Gasteiger charge is 2.29. The first-order chi connectivity index (χ1) is 7.88. The zero-order valence-corrected chi connectivity index (χ0v) is 11.3. The molecule has 0 spiro atoms. The molecule has 1 fully saturated rings. The van der Waals surface area contributed by atoms with Crippen LogP contribution in [0.2, 0.25) is 0 Å². The summed E-state index contributed by atoms with van der Waals surface area (Å²) in [6, 6.07) is 0.548. The fourth-order valence-electron chi connectivity index (χ4n) is 1.51. The maximum absolute atomic E-state index is 11.8. The summed E-state index contributed by atoms with van der Waals surface area (Å²) in [6.45, 7) is 6.73. The van der Waals surface area contributed by atoms with Crippen LogP contribution in [0.15, 0.2) is 4.99 Å². The van der Waals surface area contributed by atoms with Gasteiger partial charge in [0.2, 0.25) is 5.91 Å². The van der Waals surface area contributed by atoms with E-state index in [9.17, 15) is 4.79 Å². The average Bonchev–Trinajstić information content (AvgIpc) is 3.09. The van der Waals surface area contributed by atoms with Gasteiger partial charge in [-0.1, -0.05) is 0 Å². The van der Waals surface area contributed by atoms with Crippen molar-refractivity contribution in [3.8, 4) is 0 Å². The third-order valence-electron chi connectivity index (χ3n) is 3.04. The van der Waals surface area contributed by atoms with E-state index < -0.39 is 5.41 Å². The van der Waals surface area contributed by atoms with E-state index in [0.29, 0.717) is 25.1 Å². The Morgan fingerprint density at radius 3 is 2.59 bits per heavy atom. The highest BCUT2D eigenvalue weighted by molar-refractivity contribution is 5.83. The summed E-state index contributed by atoms with van der Waals surface area (Å²) < 4.78 is 0. The minimum Gasteiger partial charge on any atom is -0.370 e. The molecule has 0 aromatic carbocycles. The summed E-state index contributed by atoms with van der Waals surface area (Å²) in [4.78, 5) is 18.1. The number of hydrogen-bond acceptors (Lipinski definition) is 2. The molecule has 1 aliphatic carbocycles. The first-order valence-electron chi connectivity index (χ1n) is 6.19. The topological polar surface area (TPSA) is 70.7 Å². The van der Waals surface area contributed by atoms with Crippen molar-refractivity contribution in [1.29, 1.82) is 0 Å². The molecule has 98 valence electrons. The Bertz CT molecular complexity index is 308. The number of aliphatic imine (C=N–C) groups is 1. The van der Waals surface area contributed by atoms with Gasteiger partial charge in [0.25, 0.3) is 0 Å². The summed E-state index contributed by atoms with van der Waals surface area (Å²) in [7, 11) is 1.95. The van der Waals surface area contributed by atoms with Crippen LogP contribution in [0.3, 0.4) is 0 Å². The van der Waals surface area contributed by atoms with Crippen LogP contribution >= 0.6 is 0 Å². The fourth-order valence-corrected chi connectivity index (χ4v) is 1.51. The van der Waals surface area contributed by atoms with Crippen LogP contribution in [0.1, 0.15) is 33.6 Å². The van der Waals surface area contributed by atoms with Gasteiger partial charge in [0, 0.05) is 19.6 Å². The van der Waals surface area contributed by atoms with Crippen LogP contribution in [-0.2, 0) is 4.79 Å². The van der Waals surface area contributed by atoms with Gasteiger partial charge in [0.15, 0.2) is 5.96 Å². The molecule has 0 radical (unpaired) electrons. The second-order valence-electron chi connectivity index (χ2n) is 5.26. The first-order valence-corrected chi connectivity index (χ1v) is 6.19. The van der Waals surface area contributed by atoms with E-state index in [1.54, 1.807) is 0 Å². The smallest absolute Gasteiger partial charge is 0.227 e. The van der Waals surface area contributed by atoms with Gasteiger partial charge >= 0.3 is 0 Å². The lowest BCUT2D eigenvalue weighted by atomic mass is 9.92. The number of nitrogens with one attached hydrogen (secondary N) is 1. The normalized spacial score (nSPS) is 16.8. The van der Waals surface area contributed by atoms with Crippen molar-refractivity contribution in [3.05, 3.63) is 0 Å². The van der Waals surface area contributed by atoms with E-state index in [2.05, 4.69) is 10.3 Å². The van der Waals surface area contributed by atoms with E-state index in [1.165, 1.54) is 12.8 Å². The number of rotatable bonds is 5. The predicted molar refractivity (Wildman–Crippen MR) is 69.7 cm³/mol. The molecule has 0 unspecified atom stereocenters. The maximum atomic E-state index is 11.8. The molecular formula is C12H24N4O. The predicted octanol–water partition coefficient (Wildman–Crippen LogP) is 0.558. The fraction of sp³-hybridized carbons (Fsp3) is 0.833. The standard InChI is InChI=1S/C12H24N4O/c1-5-14-10(17)12(2,3)8-15-11(13)16(4)9-6-7-9/h9H,5-8H2,1-4H3,(H2,13,15)(H,14,17). The van der Waals surface area contributed by atoms with Crippen molar-refractivity contribution in [2.75, 3.05) is 20.1 Å². The molecule has 5 heteroatoms. The number of amides is 1. The number of carbonyl (C=O) groups is 1. The molecule has 1 aliphatic rings. The zero-order chi connectivity index (χ0) is 13.1. The molecule has 5 nitrogen and oxygen atoms in total. The first kappa shape index (κ1) is 13.8. The molecule has 0 bridgehead atoms. The highest BCUT2D eigenvalue weighted by atomic mass is 16.2. The lowest BCUT2D eigenvalue weighted by Crippen LogP contribution is -2.41. The lowest BCUT2D eigenvalue weighted by molar-refractivity contribution is -0.128. The van der Waals surface area contributed by atoms with E-state index in [4.69, 9.17) is 5.73 Å². The van der Waals surface area contributed by atoms with Gasteiger partial charge in [-0.2, -0.15) is 0 Å². The average molecular weight is 240 g/mol. The summed E-state index contributed by atoms with van der Waals surface area (Å²) in [5.41, 5.74) is 5.37. The quantitative estimate of drug-likeness (QED) is 0.545. The second-order valence-corrected chi connectivity index (χ2v) is 5.26. The second kappa shape index (κ2) is 5.38. The number of guanidine groups is 1. The highest BCUT2D eigenvalue weighted by Crippen LogP contribution is 2.25. The minimum atomic E-state index is -0.509. The molecule has 0 heterocycles. The summed E-state index contributed by atoms with van der Waals surface area (Å²) in [5, 5.41) is 2.81. The molecule has 17 heavy (non-hydrogen) atoms. The summed E-state index contributed by atoms with van der Waals surface area (Å²) >= 11 is 0. The Morgan fingerprint density at radius 1 is 1.53 bits per heavy atom. The molecule has 0 aromatic heterocycles. The number of hydrogen-bond donors (Lipinski definition) is 2. The molecular weight excluding hydrogens is 216 g/mol. The van der Waals surface area contributed by atoms with Crippen LogP contribution in [0.4, 0.5) is 0 Å². The molecule has 1 saturated carbocycles. The number of carbonyl (C=O) groups excluding carboxylic acids is 1. The molecule has 0 aliphatic heterocycles. The van der Waals surface area contributed by atoms with Gasteiger partial charge in [0.1, 0.15) is 0 Å². The Hall–Kier alpha value is -1.26. The SMILES string of the molecule is CCNC(=O)C(C)(C)CN=C(N)N(C)C1CC1. The summed E-state index contributed by atoms with van der Waals surface area (Å²) in [5.74, 6) is 0.551. The Balaban J connectivity index is 2.51. The Kier molecular flexibility index (Phi) is 4.37. The Labute approximate surface area is 103 Å². The maximum Gasteiger partial charge on any atom is 0.227 e. The third-order valence-corrected chi connectivity index (χ3v) is 3.04. The zero-order valence-electron chi connectivity index (χ0n) is 11.3. The van der Waals surface area contributed by atoms with E-state index >= 15 is 0 Å².